The molecule has 1 atom stereocenters. The van der Waals surface area contributed by atoms with Gasteiger partial charge in [-0.05, 0) is 18.9 Å². The van der Waals surface area contributed by atoms with Crippen molar-refractivity contribution in [1.29, 1.82) is 0 Å². The molecule has 0 aromatic heterocycles. The summed E-state index contributed by atoms with van der Waals surface area (Å²) in [5.74, 6) is 1.42. The zero-order chi connectivity index (χ0) is 12.3. The molecule has 0 aliphatic heterocycles. The number of aryl methyl sites for hydroxylation is 1. The third-order valence-corrected chi connectivity index (χ3v) is 3.67. The normalized spacial score (nSPS) is 14.9. The summed E-state index contributed by atoms with van der Waals surface area (Å²) in [6, 6.07) is 6.28. The van der Waals surface area contributed by atoms with Crippen LogP contribution in [0.1, 0.15) is 31.9 Å². The van der Waals surface area contributed by atoms with Gasteiger partial charge in [-0.25, -0.2) is 0 Å². The lowest BCUT2D eigenvalue weighted by Crippen LogP contribution is -2.37. The molecule has 0 aliphatic carbocycles. The van der Waals surface area contributed by atoms with E-state index in [4.69, 9.17) is 10.5 Å². The van der Waals surface area contributed by atoms with Crippen LogP contribution in [0.3, 0.4) is 0 Å². The molecule has 1 aromatic rings. The summed E-state index contributed by atoms with van der Waals surface area (Å²) in [6.45, 7) is 9.34. The predicted molar refractivity (Wildman–Crippen MR) is 69.0 cm³/mol. The van der Waals surface area contributed by atoms with Crippen LogP contribution in [0.5, 0.6) is 5.75 Å². The van der Waals surface area contributed by atoms with Crippen molar-refractivity contribution in [1.82, 2.24) is 0 Å². The molecule has 0 radical (unpaired) electrons. The first-order valence-electron chi connectivity index (χ1n) is 5.81. The van der Waals surface area contributed by atoms with Crippen molar-refractivity contribution in [3.05, 3.63) is 29.3 Å². The van der Waals surface area contributed by atoms with Crippen molar-refractivity contribution in [2.24, 2.45) is 11.7 Å². The number of methoxy groups -OCH3 is 1. The smallest absolute Gasteiger partial charge is 0.122 e. The minimum absolute atomic E-state index is 0.0304. The van der Waals surface area contributed by atoms with E-state index < -0.39 is 0 Å². The average molecular weight is 221 g/mol. The number of benzene rings is 1. The highest BCUT2D eigenvalue weighted by molar-refractivity contribution is 5.42. The zero-order valence-corrected chi connectivity index (χ0v) is 11.0. The Kier molecular flexibility index (Phi) is 3.98. The maximum Gasteiger partial charge on any atom is 0.122 e. The molecule has 0 bridgehead atoms. The van der Waals surface area contributed by atoms with Crippen LogP contribution in [-0.4, -0.2) is 13.7 Å². The van der Waals surface area contributed by atoms with Crippen molar-refractivity contribution in [3.63, 3.8) is 0 Å². The molecule has 0 aliphatic rings. The molecule has 1 unspecified atom stereocenters. The minimum Gasteiger partial charge on any atom is -0.496 e. The lowest BCUT2D eigenvalue weighted by Gasteiger charge is -2.34. The van der Waals surface area contributed by atoms with Crippen LogP contribution in [0.4, 0.5) is 0 Å². The Balaban J connectivity index is 3.33. The average Bonchev–Trinajstić information content (AvgIpc) is 2.27. The second-order valence-corrected chi connectivity index (χ2v) is 4.98. The molecule has 1 aromatic carbocycles. The summed E-state index contributed by atoms with van der Waals surface area (Å²) in [4.78, 5) is 0. The van der Waals surface area contributed by atoms with Crippen LogP contribution in [0.15, 0.2) is 18.2 Å². The monoisotopic (exact) mass is 221 g/mol. The molecule has 16 heavy (non-hydrogen) atoms. The van der Waals surface area contributed by atoms with Gasteiger partial charge in [0.1, 0.15) is 5.75 Å². The van der Waals surface area contributed by atoms with Crippen LogP contribution in [0.2, 0.25) is 0 Å². The van der Waals surface area contributed by atoms with Gasteiger partial charge in [-0.15, -0.1) is 0 Å². The first kappa shape index (κ1) is 13.0. The van der Waals surface area contributed by atoms with E-state index >= 15 is 0 Å². The lowest BCUT2D eigenvalue weighted by atomic mass is 9.72. The topological polar surface area (TPSA) is 35.2 Å². The maximum absolute atomic E-state index is 5.96. The third kappa shape index (κ3) is 2.22. The fourth-order valence-corrected chi connectivity index (χ4v) is 1.92. The van der Waals surface area contributed by atoms with E-state index in [9.17, 15) is 0 Å². The number of rotatable bonds is 4. The molecule has 2 nitrogen and oxygen atoms in total. The Morgan fingerprint density at radius 3 is 2.44 bits per heavy atom. The summed E-state index contributed by atoms with van der Waals surface area (Å²) in [5, 5.41) is 0. The van der Waals surface area contributed by atoms with Crippen LogP contribution >= 0.6 is 0 Å². The van der Waals surface area contributed by atoms with Crippen molar-refractivity contribution in [2.75, 3.05) is 13.7 Å². The fraction of sp³-hybridized carbons (Fsp3) is 0.571. The van der Waals surface area contributed by atoms with Gasteiger partial charge < -0.3 is 10.5 Å². The molecule has 2 N–H and O–H groups in total. The van der Waals surface area contributed by atoms with Crippen molar-refractivity contribution in [3.8, 4) is 5.75 Å². The van der Waals surface area contributed by atoms with Gasteiger partial charge in [0.25, 0.3) is 0 Å². The first-order valence-corrected chi connectivity index (χ1v) is 5.81. The summed E-state index contributed by atoms with van der Waals surface area (Å²) < 4.78 is 5.44. The van der Waals surface area contributed by atoms with Gasteiger partial charge in [0.05, 0.1) is 7.11 Å². The van der Waals surface area contributed by atoms with E-state index in [1.807, 2.05) is 6.07 Å². The summed E-state index contributed by atoms with van der Waals surface area (Å²) >= 11 is 0. The number of nitrogens with two attached hydrogens (primary N) is 1. The molecular weight excluding hydrogens is 198 g/mol. The number of hydrogen-bond acceptors (Lipinski definition) is 2. The van der Waals surface area contributed by atoms with Crippen LogP contribution in [-0.2, 0) is 5.41 Å². The summed E-state index contributed by atoms with van der Waals surface area (Å²) in [5.41, 5.74) is 8.39. The van der Waals surface area contributed by atoms with Crippen LogP contribution in [0, 0.1) is 12.8 Å². The van der Waals surface area contributed by atoms with E-state index in [1.165, 1.54) is 11.1 Å². The SMILES string of the molecule is COc1ccc(C)cc1C(C)(CN)C(C)C. The van der Waals surface area contributed by atoms with Gasteiger partial charge in [0.15, 0.2) is 0 Å². The highest BCUT2D eigenvalue weighted by Gasteiger charge is 2.31. The van der Waals surface area contributed by atoms with E-state index in [0.717, 1.165) is 5.75 Å². The maximum atomic E-state index is 5.96. The Morgan fingerprint density at radius 2 is 2.00 bits per heavy atom. The quantitative estimate of drug-likeness (QED) is 0.848. The van der Waals surface area contributed by atoms with Crippen molar-refractivity contribution >= 4 is 0 Å². The van der Waals surface area contributed by atoms with E-state index in [1.54, 1.807) is 7.11 Å². The minimum atomic E-state index is -0.0304. The van der Waals surface area contributed by atoms with Gasteiger partial charge in [-0.1, -0.05) is 38.5 Å². The molecule has 0 saturated carbocycles. The molecule has 0 saturated heterocycles. The van der Waals surface area contributed by atoms with Crippen LogP contribution < -0.4 is 10.5 Å². The van der Waals surface area contributed by atoms with Gasteiger partial charge in [-0.2, -0.15) is 0 Å². The molecular formula is C14H23NO. The van der Waals surface area contributed by atoms with Gasteiger partial charge in [0.2, 0.25) is 0 Å². The first-order chi connectivity index (χ1) is 7.45. The molecule has 1 rings (SSSR count). The molecule has 90 valence electrons. The van der Waals surface area contributed by atoms with E-state index in [0.29, 0.717) is 12.5 Å². The van der Waals surface area contributed by atoms with Gasteiger partial charge in [-0.3, -0.25) is 0 Å². The molecule has 0 spiro atoms. The zero-order valence-electron chi connectivity index (χ0n) is 11.0. The van der Waals surface area contributed by atoms with Gasteiger partial charge >= 0.3 is 0 Å². The van der Waals surface area contributed by atoms with Crippen molar-refractivity contribution in [2.45, 2.75) is 33.1 Å². The van der Waals surface area contributed by atoms with E-state index in [-0.39, 0.29) is 5.41 Å². The highest BCUT2D eigenvalue weighted by atomic mass is 16.5. The van der Waals surface area contributed by atoms with Gasteiger partial charge in [0, 0.05) is 17.5 Å². The van der Waals surface area contributed by atoms with Crippen molar-refractivity contribution < 1.29 is 4.74 Å². The second kappa shape index (κ2) is 4.88. The third-order valence-electron chi connectivity index (χ3n) is 3.67. The lowest BCUT2D eigenvalue weighted by molar-refractivity contribution is 0.324. The van der Waals surface area contributed by atoms with E-state index in [2.05, 4.69) is 39.8 Å². The Morgan fingerprint density at radius 1 is 1.38 bits per heavy atom. The fourth-order valence-electron chi connectivity index (χ4n) is 1.92. The Labute approximate surface area is 98.8 Å². The molecule has 0 amide bonds. The second-order valence-electron chi connectivity index (χ2n) is 4.98. The molecule has 0 heterocycles. The predicted octanol–water partition coefficient (Wildman–Crippen LogP) is 2.88. The Hall–Kier alpha value is -1.02. The highest BCUT2D eigenvalue weighted by Crippen LogP contribution is 2.37. The van der Waals surface area contributed by atoms with Crippen LogP contribution in [0.25, 0.3) is 0 Å². The molecule has 0 fully saturated rings. The Bertz CT molecular complexity index is 360. The number of ether oxygens (including phenoxy) is 1. The number of hydrogen-bond donors (Lipinski definition) is 1. The largest absolute Gasteiger partial charge is 0.496 e. The summed E-state index contributed by atoms with van der Waals surface area (Å²) in [7, 11) is 1.71. The standard InChI is InChI=1S/C14H23NO/c1-10(2)14(4,9-15)12-8-11(3)6-7-13(12)16-5/h6-8,10H,9,15H2,1-5H3. The molecule has 2 heteroatoms. The summed E-state index contributed by atoms with van der Waals surface area (Å²) in [6.07, 6.45) is 0.